The molecule has 0 aliphatic carbocycles. The first-order valence-corrected chi connectivity index (χ1v) is 9.77. The fourth-order valence-electron chi connectivity index (χ4n) is 3.08. The number of halogens is 2. The van der Waals surface area contributed by atoms with Crippen molar-refractivity contribution in [3.63, 3.8) is 0 Å². The number of benzene rings is 1. The predicted octanol–water partition coefficient (Wildman–Crippen LogP) is 2.15. The van der Waals surface area contributed by atoms with E-state index in [2.05, 4.69) is 10.00 Å². The van der Waals surface area contributed by atoms with Crippen LogP contribution in [0.3, 0.4) is 0 Å². The average Bonchev–Trinajstić information content (AvgIpc) is 2.71. The van der Waals surface area contributed by atoms with Crippen molar-refractivity contribution in [2.75, 3.05) is 39.9 Å². The van der Waals surface area contributed by atoms with Gasteiger partial charge in [0.15, 0.2) is 0 Å². The van der Waals surface area contributed by atoms with Gasteiger partial charge in [-0.3, -0.25) is 14.5 Å². The fraction of sp³-hybridized carbons (Fsp3) is 0.421. The van der Waals surface area contributed by atoms with Crippen molar-refractivity contribution in [1.82, 2.24) is 19.6 Å². The van der Waals surface area contributed by atoms with Gasteiger partial charge < -0.3 is 9.64 Å². The van der Waals surface area contributed by atoms with Gasteiger partial charge >= 0.3 is 0 Å². The van der Waals surface area contributed by atoms with Gasteiger partial charge in [-0.2, -0.15) is 5.10 Å². The summed E-state index contributed by atoms with van der Waals surface area (Å²) in [6.45, 7) is 3.95. The molecule has 0 N–H and O–H groups in total. The first-order chi connectivity index (χ1) is 13.5. The van der Waals surface area contributed by atoms with Gasteiger partial charge in [0.1, 0.15) is 5.69 Å². The van der Waals surface area contributed by atoms with Gasteiger partial charge in [-0.25, -0.2) is 4.68 Å². The van der Waals surface area contributed by atoms with Gasteiger partial charge in [0.2, 0.25) is 0 Å². The van der Waals surface area contributed by atoms with E-state index >= 15 is 0 Å². The molecular weight excluding hydrogens is 403 g/mol. The number of nitrogens with zero attached hydrogens (tertiary/aromatic N) is 4. The van der Waals surface area contributed by atoms with Gasteiger partial charge in [-0.15, -0.1) is 0 Å². The third kappa shape index (κ3) is 4.91. The molecule has 150 valence electrons. The Morgan fingerprint density at radius 1 is 1.14 bits per heavy atom. The molecule has 1 aromatic heterocycles. The van der Waals surface area contributed by atoms with Crippen LogP contribution >= 0.6 is 23.2 Å². The van der Waals surface area contributed by atoms with E-state index in [1.807, 2.05) is 12.1 Å². The number of carbonyl (C=O) groups is 1. The first kappa shape index (κ1) is 20.8. The average molecular weight is 425 g/mol. The highest BCUT2D eigenvalue weighted by Crippen LogP contribution is 2.26. The lowest BCUT2D eigenvalue weighted by molar-refractivity contribution is 0.0619. The zero-order valence-electron chi connectivity index (χ0n) is 15.6. The molecule has 1 fully saturated rings. The molecule has 1 aliphatic rings. The molecule has 28 heavy (non-hydrogen) atoms. The maximum Gasteiger partial charge on any atom is 0.274 e. The summed E-state index contributed by atoms with van der Waals surface area (Å²) in [5, 5.41) is 5.30. The molecule has 2 aromatic rings. The monoisotopic (exact) mass is 424 g/mol. The molecular formula is C19H22Cl2N4O3. The van der Waals surface area contributed by atoms with E-state index in [0.29, 0.717) is 42.8 Å². The van der Waals surface area contributed by atoms with Crippen LogP contribution in [-0.4, -0.2) is 65.4 Å². The summed E-state index contributed by atoms with van der Waals surface area (Å²) in [6.07, 6.45) is 0. The highest BCUT2D eigenvalue weighted by atomic mass is 35.5. The highest BCUT2D eigenvalue weighted by molar-refractivity contribution is 6.42. The van der Waals surface area contributed by atoms with Gasteiger partial charge in [-0.1, -0.05) is 35.3 Å². The van der Waals surface area contributed by atoms with Crippen molar-refractivity contribution in [2.45, 2.75) is 13.1 Å². The van der Waals surface area contributed by atoms with Crippen LogP contribution in [0.15, 0.2) is 35.1 Å². The summed E-state index contributed by atoms with van der Waals surface area (Å²) in [4.78, 5) is 28.6. The first-order valence-electron chi connectivity index (χ1n) is 9.01. The Morgan fingerprint density at radius 2 is 1.89 bits per heavy atom. The number of ether oxygens (including phenoxy) is 1. The van der Waals surface area contributed by atoms with E-state index in [4.69, 9.17) is 27.9 Å². The van der Waals surface area contributed by atoms with Crippen LogP contribution in [0.1, 0.15) is 16.1 Å². The summed E-state index contributed by atoms with van der Waals surface area (Å²) in [6, 6.07) is 8.45. The van der Waals surface area contributed by atoms with Crippen molar-refractivity contribution in [1.29, 1.82) is 0 Å². The molecule has 3 rings (SSSR count). The molecule has 0 saturated carbocycles. The van der Waals surface area contributed by atoms with Gasteiger partial charge in [-0.05, 0) is 17.7 Å². The number of amides is 1. The molecule has 0 radical (unpaired) electrons. The van der Waals surface area contributed by atoms with Crippen LogP contribution in [0.25, 0.3) is 0 Å². The lowest BCUT2D eigenvalue weighted by Gasteiger charge is -2.34. The van der Waals surface area contributed by atoms with Crippen molar-refractivity contribution < 1.29 is 9.53 Å². The number of piperazine rings is 1. The van der Waals surface area contributed by atoms with Gasteiger partial charge in [0, 0.05) is 45.9 Å². The lowest BCUT2D eigenvalue weighted by atomic mass is 10.2. The van der Waals surface area contributed by atoms with Crippen LogP contribution < -0.4 is 5.56 Å². The summed E-state index contributed by atoms with van der Waals surface area (Å²) in [5.74, 6) is -0.174. The Balaban J connectivity index is 1.61. The molecule has 2 heterocycles. The van der Waals surface area contributed by atoms with E-state index < -0.39 is 0 Å². The molecule has 1 aliphatic heterocycles. The normalized spacial score (nSPS) is 15.0. The minimum Gasteiger partial charge on any atom is -0.383 e. The van der Waals surface area contributed by atoms with Crippen molar-refractivity contribution in [3.8, 4) is 0 Å². The molecule has 7 nitrogen and oxygen atoms in total. The van der Waals surface area contributed by atoms with Crippen molar-refractivity contribution in [2.24, 2.45) is 0 Å². The minimum absolute atomic E-state index is 0.174. The molecule has 1 aromatic carbocycles. The molecule has 1 saturated heterocycles. The molecule has 0 atom stereocenters. The third-order valence-corrected chi connectivity index (χ3v) is 5.54. The van der Waals surface area contributed by atoms with E-state index in [1.165, 1.54) is 16.8 Å². The second-order valence-electron chi connectivity index (χ2n) is 6.55. The lowest BCUT2D eigenvalue weighted by Crippen LogP contribution is -2.48. The van der Waals surface area contributed by atoms with Crippen LogP contribution in [0, 0.1) is 0 Å². The zero-order valence-corrected chi connectivity index (χ0v) is 17.1. The Hall–Kier alpha value is -1.93. The Kier molecular flexibility index (Phi) is 7.07. The number of methoxy groups -OCH3 is 1. The topological polar surface area (TPSA) is 67.7 Å². The standard InChI is InChI=1S/C19H22Cl2N4O3/c1-28-12-11-25-17(26)6-5-16(22-25)19(27)24-9-7-23(8-10-24)13-14-3-2-4-15(20)18(14)21/h2-6H,7-13H2,1H3. The van der Waals surface area contributed by atoms with E-state index in [1.54, 1.807) is 18.1 Å². The third-order valence-electron chi connectivity index (χ3n) is 4.68. The molecule has 9 heteroatoms. The molecule has 1 amide bonds. The minimum atomic E-state index is -0.253. The van der Waals surface area contributed by atoms with Gasteiger partial charge in [0.05, 0.1) is 23.2 Å². The quantitative estimate of drug-likeness (QED) is 0.710. The van der Waals surface area contributed by atoms with Crippen molar-refractivity contribution in [3.05, 3.63) is 62.0 Å². The Labute approximate surface area is 173 Å². The maximum absolute atomic E-state index is 12.8. The van der Waals surface area contributed by atoms with Crippen LogP contribution in [0.2, 0.25) is 10.0 Å². The molecule has 0 spiro atoms. The Morgan fingerprint density at radius 3 is 2.61 bits per heavy atom. The number of rotatable bonds is 6. The van der Waals surface area contributed by atoms with Gasteiger partial charge in [0.25, 0.3) is 11.5 Å². The SMILES string of the molecule is COCCn1nc(C(=O)N2CCN(Cc3cccc(Cl)c3Cl)CC2)ccc1=O. The zero-order chi connectivity index (χ0) is 20.1. The summed E-state index contributed by atoms with van der Waals surface area (Å²) in [7, 11) is 1.55. The van der Waals surface area contributed by atoms with Crippen LogP contribution in [0.5, 0.6) is 0 Å². The van der Waals surface area contributed by atoms with Crippen LogP contribution in [-0.2, 0) is 17.8 Å². The summed E-state index contributed by atoms with van der Waals surface area (Å²) in [5.41, 5.74) is 0.986. The smallest absolute Gasteiger partial charge is 0.274 e. The van der Waals surface area contributed by atoms with E-state index in [-0.39, 0.29) is 17.2 Å². The highest BCUT2D eigenvalue weighted by Gasteiger charge is 2.24. The second-order valence-corrected chi connectivity index (χ2v) is 7.34. The Bertz CT molecular complexity index is 895. The van der Waals surface area contributed by atoms with Crippen molar-refractivity contribution >= 4 is 29.1 Å². The number of hydrogen-bond donors (Lipinski definition) is 0. The fourth-order valence-corrected chi connectivity index (χ4v) is 3.46. The number of aromatic nitrogens is 2. The molecule has 0 bridgehead atoms. The summed E-state index contributed by atoms with van der Waals surface area (Å²) < 4.78 is 6.23. The van der Waals surface area contributed by atoms with E-state index in [0.717, 1.165) is 18.7 Å². The maximum atomic E-state index is 12.8. The number of hydrogen-bond acceptors (Lipinski definition) is 5. The molecule has 0 unspecified atom stereocenters. The predicted molar refractivity (Wildman–Crippen MR) is 108 cm³/mol. The second kappa shape index (κ2) is 9.52. The largest absolute Gasteiger partial charge is 0.383 e. The van der Waals surface area contributed by atoms with E-state index in [9.17, 15) is 9.59 Å². The summed E-state index contributed by atoms with van der Waals surface area (Å²) >= 11 is 12.3. The van der Waals surface area contributed by atoms with Crippen LogP contribution in [0.4, 0.5) is 0 Å². The number of carbonyl (C=O) groups excluding carboxylic acids is 1.